The molecule has 0 spiro atoms. The number of ether oxygens (including phenoxy) is 2. The molecule has 6 nitrogen and oxygen atoms in total. The van der Waals surface area contributed by atoms with Crippen molar-refractivity contribution in [3.05, 3.63) is 5.57 Å². The van der Waals surface area contributed by atoms with Crippen LogP contribution in [-0.4, -0.2) is 36.6 Å². The lowest BCUT2D eigenvalue weighted by atomic mass is 10.1. The number of nitrogens with zero attached hydrogens (tertiary/aromatic N) is 1. The van der Waals surface area contributed by atoms with Gasteiger partial charge in [0.2, 0.25) is 0 Å². The van der Waals surface area contributed by atoms with Crippen molar-refractivity contribution in [3.63, 3.8) is 0 Å². The molecule has 0 bridgehead atoms. The van der Waals surface area contributed by atoms with E-state index < -0.39 is 11.9 Å². The summed E-state index contributed by atoms with van der Waals surface area (Å²) < 4.78 is 10.0. The first-order valence-corrected chi connectivity index (χ1v) is 5.60. The standard InChI is InChI=1S/C12H17NO5/c1-12(2,3)17-10(15)6-5-9-8(7-14)11(16-4)18-13-9/h11H,5-6H2,1-4H3. The smallest absolute Gasteiger partial charge is 0.306 e. The summed E-state index contributed by atoms with van der Waals surface area (Å²) in [5.74, 6) is 1.37. The summed E-state index contributed by atoms with van der Waals surface area (Å²) in [4.78, 5) is 27.1. The largest absolute Gasteiger partial charge is 0.460 e. The Labute approximate surface area is 106 Å². The van der Waals surface area contributed by atoms with Crippen molar-refractivity contribution in [2.45, 2.75) is 45.5 Å². The fourth-order valence-corrected chi connectivity index (χ4v) is 1.41. The van der Waals surface area contributed by atoms with Crippen LogP contribution in [0.25, 0.3) is 0 Å². The van der Waals surface area contributed by atoms with Crippen molar-refractivity contribution < 1.29 is 23.9 Å². The molecule has 0 amide bonds. The molecule has 18 heavy (non-hydrogen) atoms. The summed E-state index contributed by atoms with van der Waals surface area (Å²) in [5.41, 5.74) is 0.0486. The molecule has 0 N–H and O–H groups in total. The Kier molecular flexibility index (Phi) is 4.64. The van der Waals surface area contributed by atoms with E-state index in [9.17, 15) is 9.59 Å². The van der Waals surface area contributed by atoms with Crippen LogP contribution in [-0.2, 0) is 23.9 Å². The van der Waals surface area contributed by atoms with Gasteiger partial charge in [0.05, 0.1) is 6.42 Å². The Bertz CT molecular complexity index is 401. The van der Waals surface area contributed by atoms with E-state index in [1.54, 1.807) is 26.7 Å². The van der Waals surface area contributed by atoms with Gasteiger partial charge in [0.25, 0.3) is 6.29 Å². The monoisotopic (exact) mass is 255 g/mol. The molecule has 0 aromatic heterocycles. The predicted octanol–water partition coefficient (Wildman–Crippen LogP) is 1.22. The predicted molar refractivity (Wildman–Crippen MR) is 63.6 cm³/mol. The lowest BCUT2D eigenvalue weighted by Crippen LogP contribution is -2.24. The number of rotatable bonds is 4. The van der Waals surface area contributed by atoms with Crippen LogP contribution in [0, 0.1) is 0 Å². The fourth-order valence-electron chi connectivity index (χ4n) is 1.41. The molecule has 1 atom stereocenters. The number of hydrogen-bond donors (Lipinski definition) is 0. The second-order valence-corrected chi connectivity index (χ2v) is 4.81. The van der Waals surface area contributed by atoms with E-state index in [4.69, 9.17) is 14.3 Å². The van der Waals surface area contributed by atoms with Gasteiger partial charge in [-0.2, -0.15) is 0 Å². The molecule has 1 rings (SSSR count). The molecule has 100 valence electrons. The van der Waals surface area contributed by atoms with Crippen LogP contribution in [0.15, 0.2) is 10.7 Å². The average Bonchev–Trinajstić information content (AvgIpc) is 2.65. The van der Waals surface area contributed by atoms with Crippen molar-refractivity contribution >= 4 is 17.6 Å². The fraction of sp³-hybridized carbons (Fsp3) is 0.667. The summed E-state index contributed by atoms with van der Waals surface area (Å²) in [5, 5.41) is 3.69. The Hall–Kier alpha value is -1.65. The lowest BCUT2D eigenvalue weighted by molar-refractivity contribution is -0.154. The van der Waals surface area contributed by atoms with Crippen LogP contribution < -0.4 is 0 Å². The van der Waals surface area contributed by atoms with Gasteiger partial charge < -0.3 is 14.3 Å². The van der Waals surface area contributed by atoms with Crippen LogP contribution in [0.5, 0.6) is 0 Å². The minimum atomic E-state index is -0.823. The summed E-state index contributed by atoms with van der Waals surface area (Å²) >= 11 is 0. The molecular weight excluding hydrogens is 238 g/mol. The van der Waals surface area contributed by atoms with Crippen molar-refractivity contribution in [1.29, 1.82) is 0 Å². The van der Waals surface area contributed by atoms with Gasteiger partial charge in [-0.25, -0.2) is 4.79 Å². The highest BCUT2D eigenvalue weighted by Gasteiger charge is 2.29. The first-order chi connectivity index (χ1) is 8.37. The van der Waals surface area contributed by atoms with E-state index in [1.165, 1.54) is 7.11 Å². The molecule has 1 heterocycles. The minimum Gasteiger partial charge on any atom is -0.460 e. The van der Waals surface area contributed by atoms with Gasteiger partial charge >= 0.3 is 5.97 Å². The second-order valence-electron chi connectivity index (χ2n) is 4.81. The minimum absolute atomic E-state index is 0.126. The molecule has 6 heteroatoms. The highest BCUT2D eigenvalue weighted by molar-refractivity contribution is 6.08. The molecule has 0 aliphatic carbocycles. The molecule has 0 aromatic rings. The van der Waals surface area contributed by atoms with E-state index in [-0.39, 0.29) is 24.4 Å². The molecule has 0 fully saturated rings. The molecule has 1 aliphatic heterocycles. The van der Waals surface area contributed by atoms with Crippen molar-refractivity contribution in [2.24, 2.45) is 5.16 Å². The van der Waals surface area contributed by atoms with E-state index >= 15 is 0 Å². The third-order valence-electron chi connectivity index (χ3n) is 2.12. The zero-order valence-electron chi connectivity index (χ0n) is 11.0. The second kappa shape index (κ2) is 5.80. The van der Waals surface area contributed by atoms with Gasteiger partial charge in [-0.3, -0.25) is 4.79 Å². The van der Waals surface area contributed by atoms with Gasteiger partial charge in [0.1, 0.15) is 22.8 Å². The summed E-state index contributed by atoms with van der Waals surface area (Å²) in [6, 6.07) is 0. The van der Waals surface area contributed by atoms with Crippen molar-refractivity contribution in [3.8, 4) is 0 Å². The van der Waals surface area contributed by atoms with E-state index in [0.29, 0.717) is 5.71 Å². The van der Waals surface area contributed by atoms with Crippen LogP contribution in [0.2, 0.25) is 0 Å². The Morgan fingerprint density at radius 1 is 1.50 bits per heavy atom. The third-order valence-corrected chi connectivity index (χ3v) is 2.12. The van der Waals surface area contributed by atoms with Crippen LogP contribution >= 0.6 is 0 Å². The molecule has 1 unspecified atom stereocenters. The number of hydrogen-bond acceptors (Lipinski definition) is 6. The topological polar surface area (TPSA) is 74.2 Å². The summed E-state index contributed by atoms with van der Waals surface area (Å²) in [6.07, 6.45) is -0.434. The number of carbonyl (C=O) groups excluding carboxylic acids is 2. The normalized spacial score (nSPS) is 19.0. The van der Waals surface area contributed by atoms with Crippen LogP contribution in [0.4, 0.5) is 0 Å². The lowest BCUT2D eigenvalue weighted by Gasteiger charge is -2.19. The van der Waals surface area contributed by atoms with Crippen LogP contribution in [0.1, 0.15) is 33.6 Å². The zero-order valence-corrected chi connectivity index (χ0v) is 11.0. The number of esters is 1. The Morgan fingerprint density at radius 2 is 2.17 bits per heavy atom. The first kappa shape index (κ1) is 14.4. The maximum absolute atomic E-state index is 11.5. The first-order valence-electron chi connectivity index (χ1n) is 5.60. The molecule has 0 radical (unpaired) electrons. The van der Waals surface area contributed by atoms with Gasteiger partial charge in [0, 0.05) is 13.5 Å². The maximum Gasteiger partial charge on any atom is 0.306 e. The molecular formula is C12H17NO5. The third kappa shape index (κ3) is 3.98. The van der Waals surface area contributed by atoms with Gasteiger partial charge in [0.15, 0.2) is 0 Å². The molecule has 0 saturated carbocycles. The van der Waals surface area contributed by atoms with E-state index in [1.807, 2.05) is 0 Å². The quantitative estimate of drug-likeness (QED) is 0.558. The zero-order chi connectivity index (χ0) is 13.8. The number of oxime groups is 1. The number of methoxy groups -OCH3 is 1. The van der Waals surface area contributed by atoms with Crippen molar-refractivity contribution in [2.75, 3.05) is 7.11 Å². The van der Waals surface area contributed by atoms with E-state index in [0.717, 1.165) is 0 Å². The molecule has 0 saturated heterocycles. The summed E-state index contributed by atoms with van der Waals surface area (Å²) in [7, 11) is 1.40. The maximum atomic E-state index is 11.5. The van der Waals surface area contributed by atoms with Gasteiger partial charge in [-0.15, -0.1) is 0 Å². The van der Waals surface area contributed by atoms with Crippen LogP contribution in [0.3, 0.4) is 0 Å². The average molecular weight is 255 g/mol. The number of carbonyl (C=O) groups is 1. The van der Waals surface area contributed by atoms with Crippen molar-refractivity contribution in [1.82, 2.24) is 0 Å². The van der Waals surface area contributed by atoms with Gasteiger partial charge in [-0.05, 0) is 20.8 Å². The Morgan fingerprint density at radius 3 is 2.67 bits per heavy atom. The summed E-state index contributed by atoms with van der Waals surface area (Å²) in [6.45, 7) is 5.37. The Balaban J connectivity index is 2.50. The SMILES string of the molecule is COC1ON=C(CCC(=O)OC(C)(C)C)C1=C=O. The molecule has 1 aliphatic rings. The van der Waals surface area contributed by atoms with E-state index in [2.05, 4.69) is 5.16 Å². The highest BCUT2D eigenvalue weighted by Crippen LogP contribution is 2.19. The van der Waals surface area contributed by atoms with Gasteiger partial charge in [-0.1, -0.05) is 5.16 Å². The molecule has 0 aromatic carbocycles. The highest BCUT2D eigenvalue weighted by atomic mass is 16.8.